The number of benzene rings is 3. The summed E-state index contributed by atoms with van der Waals surface area (Å²) in [5.74, 6) is 0.462. The fourth-order valence-electron chi connectivity index (χ4n) is 3.62. The molecule has 0 bridgehead atoms. The van der Waals surface area contributed by atoms with Gasteiger partial charge in [0.15, 0.2) is 0 Å². The molecular formula is C25H24N2O2S. The lowest BCUT2D eigenvalue weighted by Gasteiger charge is -2.26. The van der Waals surface area contributed by atoms with E-state index >= 15 is 0 Å². The third-order valence-corrected chi connectivity index (χ3v) is 6.48. The Kier molecular flexibility index (Phi) is 5.91. The molecule has 1 saturated heterocycles. The first-order chi connectivity index (χ1) is 14.6. The summed E-state index contributed by atoms with van der Waals surface area (Å²) in [6.07, 6.45) is 0.876. The Balaban J connectivity index is 1.53. The first kappa shape index (κ1) is 20.2. The van der Waals surface area contributed by atoms with Crippen molar-refractivity contribution in [1.29, 1.82) is 0 Å². The van der Waals surface area contributed by atoms with Crippen LogP contribution in [0.15, 0.2) is 72.8 Å². The lowest BCUT2D eigenvalue weighted by atomic mass is 10.1. The van der Waals surface area contributed by atoms with Crippen LogP contribution in [0.1, 0.15) is 39.3 Å². The first-order valence-electron chi connectivity index (χ1n) is 10.1. The van der Waals surface area contributed by atoms with Crippen molar-refractivity contribution in [3.05, 3.63) is 95.1 Å². The summed E-state index contributed by atoms with van der Waals surface area (Å²) < 4.78 is 0. The fourth-order valence-corrected chi connectivity index (χ4v) is 4.78. The molecule has 1 fully saturated rings. The maximum absolute atomic E-state index is 12.7. The molecule has 4 nitrogen and oxygen atoms in total. The summed E-state index contributed by atoms with van der Waals surface area (Å²) in [5.41, 5.74) is 5.68. The van der Waals surface area contributed by atoms with Gasteiger partial charge in [-0.3, -0.25) is 14.5 Å². The molecule has 0 aliphatic carbocycles. The first-order valence-corrected chi connectivity index (χ1v) is 11.1. The number of para-hydroxylation sites is 1. The maximum atomic E-state index is 12.7. The monoisotopic (exact) mass is 416 g/mol. The van der Waals surface area contributed by atoms with Crippen LogP contribution in [0.3, 0.4) is 0 Å². The van der Waals surface area contributed by atoms with Crippen LogP contribution in [0.25, 0.3) is 0 Å². The molecule has 5 heteroatoms. The van der Waals surface area contributed by atoms with Crippen LogP contribution in [0.4, 0.5) is 11.4 Å². The van der Waals surface area contributed by atoms with E-state index in [0.29, 0.717) is 11.3 Å². The van der Waals surface area contributed by atoms with Crippen molar-refractivity contribution in [2.45, 2.75) is 25.6 Å². The van der Waals surface area contributed by atoms with Crippen molar-refractivity contribution in [3.63, 3.8) is 0 Å². The van der Waals surface area contributed by atoms with Crippen molar-refractivity contribution in [1.82, 2.24) is 0 Å². The average Bonchev–Trinajstić information content (AvgIpc) is 3.15. The molecule has 3 aromatic rings. The molecule has 0 radical (unpaired) electrons. The summed E-state index contributed by atoms with van der Waals surface area (Å²) in [4.78, 5) is 27.0. The number of rotatable bonds is 5. The third-order valence-electron chi connectivity index (χ3n) is 5.27. The standard InChI is InChI=1S/C25H24N2O2S/c1-3-18-6-4-5-7-22(18)27-23(28)16-30-25(27)20-12-14-21(15-13-20)26-24(29)19-10-8-17(2)9-11-19/h4-15,25H,3,16H2,1-2H3,(H,26,29)/t25-/m0/s1. The van der Waals surface area contributed by atoms with Crippen LogP contribution in [0.5, 0.6) is 0 Å². The molecule has 0 saturated carbocycles. The normalized spacial score (nSPS) is 16.0. The van der Waals surface area contributed by atoms with Gasteiger partial charge in [0.05, 0.1) is 5.75 Å². The third kappa shape index (κ3) is 4.12. The van der Waals surface area contributed by atoms with Gasteiger partial charge in [-0.1, -0.05) is 55.0 Å². The van der Waals surface area contributed by atoms with E-state index in [1.54, 1.807) is 11.8 Å². The van der Waals surface area contributed by atoms with E-state index in [2.05, 4.69) is 18.3 Å². The number of amides is 2. The Bertz CT molecular complexity index is 1060. The highest BCUT2D eigenvalue weighted by Crippen LogP contribution is 2.43. The number of nitrogens with zero attached hydrogens (tertiary/aromatic N) is 1. The van der Waals surface area contributed by atoms with E-state index in [4.69, 9.17) is 0 Å². The van der Waals surface area contributed by atoms with Gasteiger partial charge in [0, 0.05) is 16.9 Å². The maximum Gasteiger partial charge on any atom is 0.255 e. The summed E-state index contributed by atoms with van der Waals surface area (Å²) in [6, 6.07) is 23.4. The van der Waals surface area contributed by atoms with Crippen LogP contribution in [-0.2, 0) is 11.2 Å². The fraction of sp³-hybridized carbons (Fsp3) is 0.200. The molecule has 0 spiro atoms. The Morgan fingerprint density at radius 3 is 2.43 bits per heavy atom. The van der Waals surface area contributed by atoms with E-state index in [0.717, 1.165) is 28.9 Å². The number of carbonyl (C=O) groups is 2. The predicted molar refractivity (Wildman–Crippen MR) is 124 cm³/mol. The minimum absolute atomic E-state index is 0.0629. The summed E-state index contributed by atoms with van der Waals surface area (Å²) in [7, 11) is 0. The number of carbonyl (C=O) groups excluding carboxylic acids is 2. The van der Waals surface area contributed by atoms with Gasteiger partial charge in [0.25, 0.3) is 5.91 Å². The largest absolute Gasteiger partial charge is 0.322 e. The van der Waals surface area contributed by atoms with Crippen molar-refractivity contribution >= 4 is 35.0 Å². The van der Waals surface area contributed by atoms with E-state index < -0.39 is 0 Å². The summed E-state index contributed by atoms with van der Waals surface area (Å²) in [5, 5.41) is 2.88. The SMILES string of the molecule is CCc1ccccc1N1C(=O)CS[C@H]1c1ccc(NC(=O)c2ccc(C)cc2)cc1. The second-order valence-corrected chi connectivity index (χ2v) is 8.42. The second-order valence-electron chi connectivity index (χ2n) is 7.35. The average molecular weight is 417 g/mol. The molecule has 1 N–H and O–H groups in total. The van der Waals surface area contributed by atoms with Crippen LogP contribution in [0.2, 0.25) is 0 Å². The minimum Gasteiger partial charge on any atom is -0.322 e. The topological polar surface area (TPSA) is 49.4 Å². The minimum atomic E-state index is -0.133. The molecule has 1 aliphatic rings. The highest BCUT2D eigenvalue weighted by molar-refractivity contribution is 8.00. The molecule has 1 atom stereocenters. The highest BCUT2D eigenvalue weighted by Gasteiger charge is 2.34. The second kappa shape index (κ2) is 8.76. The lowest BCUT2D eigenvalue weighted by Crippen LogP contribution is -2.28. The van der Waals surface area contributed by atoms with Crippen molar-refractivity contribution < 1.29 is 9.59 Å². The van der Waals surface area contributed by atoms with Gasteiger partial charge in [0.1, 0.15) is 5.37 Å². The molecule has 152 valence electrons. The zero-order valence-corrected chi connectivity index (χ0v) is 17.9. The zero-order valence-electron chi connectivity index (χ0n) is 17.1. The number of thioether (sulfide) groups is 1. The van der Waals surface area contributed by atoms with Gasteiger partial charge in [-0.2, -0.15) is 0 Å². The Labute approximate surface area is 181 Å². The molecule has 0 aromatic heterocycles. The Morgan fingerprint density at radius 2 is 1.73 bits per heavy atom. The molecule has 0 unspecified atom stereocenters. The lowest BCUT2D eigenvalue weighted by molar-refractivity contribution is -0.115. The number of anilines is 2. The van der Waals surface area contributed by atoms with Crippen LogP contribution < -0.4 is 10.2 Å². The quantitative estimate of drug-likeness (QED) is 0.590. The molecular weight excluding hydrogens is 392 g/mol. The smallest absolute Gasteiger partial charge is 0.255 e. The van der Waals surface area contributed by atoms with E-state index in [-0.39, 0.29) is 17.2 Å². The Morgan fingerprint density at radius 1 is 1.03 bits per heavy atom. The van der Waals surface area contributed by atoms with Gasteiger partial charge < -0.3 is 5.32 Å². The van der Waals surface area contributed by atoms with E-state index in [1.807, 2.05) is 78.6 Å². The highest BCUT2D eigenvalue weighted by atomic mass is 32.2. The van der Waals surface area contributed by atoms with Crippen LogP contribution in [-0.4, -0.2) is 17.6 Å². The van der Waals surface area contributed by atoms with Gasteiger partial charge in [-0.15, -0.1) is 11.8 Å². The van der Waals surface area contributed by atoms with Gasteiger partial charge in [0.2, 0.25) is 5.91 Å². The Hall–Kier alpha value is -3.05. The van der Waals surface area contributed by atoms with Crippen molar-refractivity contribution in [2.24, 2.45) is 0 Å². The molecule has 4 rings (SSSR count). The molecule has 1 aliphatic heterocycles. The number of nitrogens with one attached hydrogen (secondary N) is 1. The van der Waals surface area contributed by atoms with Gasteiger partial charge in [-0.25, -0.2) is 0 Å². The van der Waals surface area contributed by atoms with Crippen molar-refractivity contribution in [3.8, 4) is 0 Å². The number of aryl methyl sites for hydroxylation is 2. The summed E-state index contributed by atoms with van der Waals surface area (Å²) in [6.45, 7) is 4.10. The van der Waals surface area contributed by atoms with Crippen LogP contribution in [0, 0.1) is 6.92 Å². The molecule has 3 aromatic carbocycles. The van der Waals surface area contributed by atoms with Crippen LogP contribution >= 0.6 is 11.8 Å². The predicted octanol–water partition coefficient (Wildman–Crippen LogP) is 5.59. The molecule has 1 heterocycles. The number of hydrogen-bond donors (Lipinski definition) is 1. The van der Waals surface area contributed by atoms with Gasteiger partial charge in [-0.05, 0) is 54.8 Å². The van der Waals surface area contributed by atoms with E-state index in [1.165, 1.54) is 5.56 Å². The number of hydrogen-bond acceptors (Lipinski definition) is 3. The molecule has 30 heavy (non-hydrogen) atoms. The van der Waals surface area contributed by atoms with E-state index in [9.17, 15) is 9.59 Å². The zero-order chi connectivity index (χ0) is 21.1. The van der Waals surface area contributed by atoms with Crippen molar-refractivity contribution in [2.75, 3.05) is 16.0 Å². The molecule has 2 amide bonds. The van der Waals surface area contributed by atoms with Gasteiger partial charge >= 0.3 is 0 Å². The summed E-state index contributed by atoms with van der Waals surface area (Å²) >= 11 is 1.63.